The van der Waals surface area contributed by atoms with Crippen molar-refractivity contribution in [2.24, 2.45) is 0 Å². The van der Waals surface area contributed by atoms with Gasteiger partial charge in [-0.3, -0.25) is 4.79 Å². The Morgan fingerprint density at radius 2 is 2.06 bits per heavy atom. The summed E-state index contributed by atoms with van der Waals surface area (Å²) in [6.45, 7) is 6.05. The van der Waals surface area contributed by atoms with Crippen LogP contribution in [0.1, 0.15) is 30.8 Å². The van der Waals surface area contributed by atoms with Crippen molar-refractivity contribution >= 4 is 22.8 Å². The van der Waals surface area contributed by atoms with Crippen molar-refractivity contribution in [3.05, 3.63) is 48.2 Å². The van der Waals surface area contributed by atoms with Crippen LogP contribution in [0.5, 0.6) is 0 Å². The molecular weight excluding hydrogens is 392 g/mol. The molecule has 2 aromatic heterocycles. The molecule has 0 bridgehead atoms. The van der Waals surface area contributed by atoms with E-state index in [2.05, 4.69) is 24.4 Å². The van der Waals surface area contributed by atoms with Gasteiger partial charge in [-0.25, -0.2) is 15.0 Å². The van der Waals surface area contributed by atoms with Crippen molar-refractivity contribution in [1.82, 2.24) is 24.4 Å². The number of amides is 1. The summed E-state index contributed by atoms with van der Waals surface area (Å²) in [7, 11) is 1.77. The number of aliphatic hydroxyl groups is 1. The molecule has 1 amide bonds. The zero-order chi connectivity index (χ0) is 22.0. The van der Waals surface area contributed by atoms with Crippen LogP contribution in [0.2, 0.25) is 0 Å². The van der Waals surface area contributed by atoms with Crippen LogP contribution >= 0.6 is 0 Å². The van der Waals surface area contributed by atoms with Crippen LogP contribution in [0, 0.1) is 13.8 Å². The van der Waals surface area contributed by atoms with Gasteiger partial charge in [0.05, 0.1) is 23.2 Å². The van der Waals surface area contributed by atoms with Crippen molar-refractivity contribution in [3.8, 4) is 0 Å². The Hall–Kier alpha value is -3.00. The number of rotatable bonds is 6. The molecule has 31 heavy (non-hydrogen) atoms. The van der Waals surface area contributed by atoms with Crippen molar-refractivity contribution in [2.75, 3.05) is 31.6 Å². The number of piperidine rings is 1. The fourth-order valence-electron chi connectivity index (χ4n) is 4.46. The standard InChI is InChI=1S/C23H30N6O2/c1-17-13-21(25-16-24-17)28-11-6-10-23(31,15-28)14-27(3)22(30)9-12-29-18(2)26-19-7-4-5-8-20(19)29/h4-5,7-8,13,16,31H,6,9-12,14-15H2,1-3H3/t23-/m0/s1. The van der Waals surface area contributed by atoms with Crippen LogP contribution in [-0.2, 0) is 11.3 Å². The smallest absolute Gasteiger partial charge is 0.224 e. The maximum atomic E-state index is 12.8. The van der Waals surface area contributed by atoms with Crippen molar-refractivity contribution < 1.29 is 9.90 Å². The van der Waals surface area contributed by atoms with Crippen LogP contribution in [0.15, 0.2) is 36.7 Å². The van der Waals surface area contributed by atoms with Gasteiger partial charge >= 0.3 is 0 Å². The first-order valence-corrected chi connectivity index (χ1v) is 10.8. The topological polar surface area (TPSA) is 87.4 Å². The van der Waals surface area contributed by atoms with E-state index in [-0.39, 0.29) is 5.91 Å². The third kappa shape index (κ3) is 4.69. The Kier molecular flexibility index (Phi) is 5.91. The van der Waals surface area contributed by atoms with E-state index < -0.39 is 5.60 Å². The summed E-state index contributed by atoms with van der Waals surface area (Å²) in [4.78, 5) is 29.6. The summed E-state index contributed by atoms with van der Waals surface area (Å²) in [6, 6.07) is 9.89. The average molecular weight is 423 g/mol. The van der Waals surface area contributed by atoms with Gasteiger partial charge in [-0.15, -0.1) is 0 Å². The number of carbonyl (C=O) groups is 1. The van der Waals surface area contributed by atoms with Gasteiger partial charge in [-0.05, 0) is 38.8 Å². The molecule has 164 valence electrons. The van der Waals surface area contributed by atoms with Crippen molar-refractivity contribution in [3.63, 3.8) is 0 Å². The Morgan fingerprint density at radius 3 is 2.87 bits per heavy atom. The highest BCUT2D eigenvalue weighted by atomic mass is 16.3. The number of imidazole rings is 1. The Balaban J connectivity index is 1.38. The van der Waals surface area contributed by atoms with Crippen LogP contribution in [0.4, 0.5) is 5.82 Å². The number of likely N-dealkylation sites (N-methyl/N-ethyl adjacent to an activating group) is 1. The summed E-state index contributed by atoms with van der Waals surface area (Å²) in [6.07, 6.45) is 3.43. The van der Waals surface area contributed by atoms with Crippen LogP contribution in [-0.4, -0.2) is 67.7 Å². The lowest BCUT2D eigenvalue weighted by Gasteiger charge is -2.41. The monoisotopic (exact) mass is 422 g/mol. The number of aromatic nitrogens is 4. The molecule has 3 heterocycles. The van der Waals surface area contributed by atoms with E-state index in [9.17, 15) is 9.90 Å². The highest BCUT2D eigenvalue weighted by Crippen LogP contribution is 2.26. The van der Waals surface area contributed by atoms with Gasteiger partial charge in [0.15, 0.2) is 0 Å². The van der Waals surface area contributed by atoms with Crippen LogP contribution in [0.25, 0.3) is 11.0 Å². The maximum absolute atomic E-state index is 12.8. The lowest BCUT2D eigenvalue weighted by atomic mass is 9.92. The average Bonchev–Trinajstić information content (AvgIpc) is 3.06. The SMILES string of the molecule is Cc1cc(N2CCC[C@](O)(CN(C)C(=O)CCn3c(C)nc4ccccc43)C2)ncn1. The summed E-state index contributed by atoms with van der Waals surface area (Å²) in [5.74, 6) is 1.74. The van der Waals surface area contributed by atoms with Gasteiger partial charge in [0.25, 0.3) is 0 Å². The molecule has 1 aliphatic heterocycles. The minimum absolute atomic E-state index is 0.0145. The molecule has 0 saturated carbocycles. The number of benzene rings is 1. The largest absolute Gasteiger partial charge is 0.386 e. The molecule has 1 fully saturated rings. The number of aryl methyl sites for hydroxylation is 3. The molecule has 0 unspecified atom stereocenters. The highest BCUT2D eigenvalue weighted by molar-refractivity contribution is 5.78. The van der Waals surface area contributed by atoms with E-state index in [0.29, 0.717) is 32.5 Å². The van der Waals surface area contributed by atoms with E-state index in [1.165, 1.54) is 0 Å². The Morgan fingerprint density at radius 1 is 1.26 bits per heavy atom. The Labute approximate surface area is 182 Å². The normalized spacial score (nSPS) is 19.0. The maximum Gasteiger partial charge on any atom is 0.224 e. The Bertz CT molecular complexity index is 1080. The predicted octanol–water partition coefficient (Wildman–Crippen LogP) is 2.32. The lowest BCUT2D eigenvalue weighted by molar-refractivity contribution is -0.133. The highest BCUT2D eigenvalue weighted by Gasteiger charge is 2.36. The summed E-state index contributed by atoms with van der Waals surface area (Å²) in [5, 5.41) is 11.2. The summed E-state index contributed by atoms with van der Waals surface area (Å²) in [5.41, 5.74) is 1.92. The molecule has 0 spiro atoms. The molecule has 1 N–H and O–H groups in total. The molecule has 1 aliphatic rings. The zero-order valence-corrected chi connectivity index (χ0v) is 18.5. The van der Waals surface area contributed by atoms with E-state index >= 15 is 0 Å². The van der Waals surface area contributed by atoms with E-state index in [0.717, 1.165) is 41.3 Å². The minimum Gasteiger partial charge on any atom is -0.386 e. The first-order chi connectivity index (χ1) is 14.8. The second-order valence-electron chi connectivity index (χ2n) is 8.57. The molecular formula is C23H30N6O2. The molecule has 8 nitrogen and oxygen atoms in total. The fraction of sp³-hybridized carbons (Fsp3) is 0.478. The number of carbonyl (C=O) groups excluding carboxylic acids is 1. The van der Waals surface area contributed by atoms with Crippen molar-refractivity contribution in [2.45, 2.75) is 45.3 Å². The molecule has 0 radical (unpaired) electrons. The quantitative estimate of drug-likeness (QED) is 0.656. The fourth-order valence-corrected chi connectivity index (χ4v) is 4.46. The first kappa shape index (κ1) is 21.2. The molecule has 4 rings (SSSR count). The van der Waals surface area contributed by atoms with Gasteiger partial charge in [0.1, 0.15) is 18.0 Å². The summed E-state index contributed by atoms with van der Waals surface area (Å²) >= 11 is 0. The van der Waals surface area contributed by atoms with E-state index in [1.807, 2.05) is 44.2 Å². The van der Waals surface area contributed by atoms with Gasteiger partial charge in [-0.1, -0.05) is 12.1 Å². The summed E-state index contributed by atoms with van der Waals surface area (Å²) < 4.78 is 2.08. The molecule has 3 aromatic rings. The first-order valence-electron chi connectivity index (χ1n) is 10.8. The molecule has 0 aliphatic carbocycles. The lowest BCUT2D eigenvalue weighted by Crippen LogP contribution is -2.55. The third-order valence-electron chi connectivity index (χ3n) is 6.02. The van der Waals surface area contributed by atoms with Gasteiger partial charge < -0.3 is 19.5 Å². The third-order valence-corrected chi connectivity index (χ3v) is 6.02. The second kappa shape index (κ2) is 8.63. The number of β-amino-alcohol motifs (C(OH)–C–C–N with tert-alkyl or cyclic N) is 1. The molecule has 1 saturated heterocycles. The predicted molar refractivity (Wildman–Crippen MR) is 120 cm³/mol. The van der Waals surface area contributed by atoms with Gasteiger partial charge in [0, 0.05) is 44.9 Å². The molecule has 1 aromatic carbocycles. The van der Waals surface area contributed by atoms with E-state index in [1.54, 1.807) is 18.3 Å². The molecule has 8 heteroatoms. The minimum atomic E-state index is -0.959. The molecule has 1 atom stereocenters. The van der Waals surface area contributed by atoms with Crippen LogP contribution in [0.3, 0.4) is 0 Å². The number of fused-ring (bicyclic) bond motifs is 1. The van der Waals surface area contributed by atoms with E-state index in [4.69, 9.17) is 0 Å². The number of hydrogen-bond acceptors (Lipinski definition) is 6. The second-order valence-corrected chi connectivity index (χ2v) is 8.57. The van der Waals surface area contributed by atoms with Gasteiger partial charge in [0.2, 0.25) is 5.91 Å². The van der Waals surface area contributed by atoms with Gasteiger partial charge in [-0.2, -0.15) is 0 Å². The zero-order valence-electron chi connectivity index (χ0n) is 18.5. The van der Waals surface area contributed by atoms with Crippen molar-refractivity contribution in [1.29, 1.82) is 0 Å². The van der Waals surface area contributed by atoms with Crippen LogP contribution < -0.4 is 4.90 Å². The number of nitrogens with zero attached hydrogens (tertiary/aromatic N) is 6. The number of para-hydroxylation sites is 2. The number of anilines is 1. The number of hydrogen-bond donors (Lipinski definition) is 1.